The number of rotatable bonds is 4. The third-order valence-corrected chi connectivity index (χ3v) is 3.77. The highest BCUT2D eigenvalue weighted by Gasteiger charge is 2.14. The summed E-state index contributed by atoms with van der Waals surface area (Å²) >= 11 is 6.21. The predicted molar refractivity (Wildman–Crippen MR) is 84.1 cm³/mol. The van der Waals surface area contributed by atoms with E-state index in [9.17, 15) is 4.79 Å². The molecule has 0 aliphatic carbocycles. The zero-order valence-electron chi connectivity index (χ0n) is 12.2. The van der Waals surface area contributed by atoms with Crippen LogP contribution in [-0.4, -0.2) is 20.9 Å². The second-order valence-corrected chi connectivity index (χ2v) is 5.17. The van der Waals surface area contributed by atoms with Crippen molar-refractivity contribution in [1.29, 1.82) is 0 Å². The number of aryl methyl sites for hydroxylation is 1. The molecule has 1 heterocycles. The molecule has 2 rings (SSSR count). The van der Waals surface area contributed by atoms with E-state index in [1.807, 2.05) is 30.7 Å². The van der Waals surface area contributed by atoms with Crippen LogP contribution >= 0.6 is 11.6 Å². The van der Waals surface area contributed by atoms with Crippen molar-refractivity contribution in [2.45, 2.75) is 27.2 Å². The van der Waals surface area contributed by atoms with Gasteiger partial charge in [0.1, 0.15) is 0 Å². The van der Waals surface area contributed by atoms with E-state index in [0.717, 1.165) is 29.6 Å². The molecule has 0 saturated heterocycles. The van der Waals surface area contributed by atoms with E-state index in [-0.39, 0.29) is 0 Å². The fourth-order valence-electron chi connectivity index (χ4n) is 2.45. The molecular weight excluding hydrogens is 288 g/mol. The Morgan fingerprint density at radius 3 is 2.71 bits per heavy atom. The van der Waals surface area contributed by atoms with Crippen molar-refractivity contribution in [3.63, 3.8) is 0 Å². The molecule has 0 amide bonds. The van der Waals surface area contributed by atoms with Crippen LogP contribution in [0.1, 0.15) is 29.4 Å². The lowest BCUT2D eigenvalue weighted by molar-refractivity contribution is -0.131. The van der Waals surface area contributed by atoms with Crippen LogP contribution in [0.5, 0.6) is 0 Å². The van der Waals surface area contributed by atoms with E-state index >= 15 is 0 Å². The number of benzene rings is 1. The number of carbonyl (C=O) groups is 1. The van der Waals surface area contributed by atoms with Gasteiger partial charge < -0.3 is 5.11 Å². The quantitative estimate of drug-likeness (QED) is 0.874. The van der Waals surface area contributed by atoms with E-state index in [1.165, 1.54) is 11.6 Å². The van der Waals surface area contributed by atoms with Crippen LogP contribution in [0, 0.1) is 13.8 Å². The molecule has 0 saturated carbocycles. The monoisotopic (exact) mass is 304 g/mol. The van der Waals surface area contributed by atoms with Crippen molar-refractivity contribution in [2.75, 3.05) is 0 Å². The molecule has 4 nitrogen and oxygen atoms in total. The van der Waals surface area contributed by atoms with Crippen molar-refractivity contribution in [2.24, 2.45) is 0 Å². The molecule has 0 fully saturated rings. The molecule has 0 aliphatic rings. The first-order valence-electron chi connectivity index (χ1n) is 6.70. The Bertz CT molecular complexity index is 717. The molecule has 0 spiro atoms. The highest BCUT2D eigenvalue weighted by molar-refractivity contribution is 6.32. The summed E-state index contributed by atoms with van der Waals surface area (Å²) in [4.78, 5) is 10.8. The zero-order valence-corrected chi connectivity index (χ0v) is 13.0. The number of hydrogen-bond donors (Lipinski definition) is 1. The Morgan fingerprint density at radius 2 is 2.14 bits per heavy atom. The van der Waals surface area contributed by atoms with Gasteiger partial charge in [-0.05, 0) is 44.0 Å². The number of hydrogen-bond acceptors (Lipinski definition) is 2. The van der Waals surface area contributed by atoms with Gasteiger partial charge in [0.25, 0.3) is 0 Å². The second kappa shape index (κ2) is 6.14. The fraction of sp³-hybridized carbons (Fsp3) is 0.250. The lowest BCUT2D eigenvalue weighted by atomic mass is 10.1. The van der Waals surface area contributed by atoms with Gasteiger partial charge in [0.05, 0.1) is 11.4 Å². The van der Waals surface area contributed by atoms with E-state index in [0.29, 0.717) is 10.6 Å². The summed E-state index contributed by atoms with van der Waals surface area (Å²) in [5.74, 6) is -1.01. The highest BCUT2D eigenvalue weighted by Crippen LogP contribution is 2.27. The standard InChI is InChI=1S/C16H17ClN2O2/c1-4-12-10(2)18-19(11(12)3)15-7-5-6-14(17)13(15)8-9-16(20)21/h5-9H,4H2,1-3H3,(H,20,21). The van der Waals surface area contributed by atoms with Crippen molar-refractivity contribution in [1.82, 2.24) is 9.78 Å². The maximum Gasteiger partial charge on any atom is 0.328 e. The van der Waals surface area contributed by atoms with Gasteiger partial charge in [-0.25, -0.2) is 9.48 Å². The third kappa shape index (κ3) is 3.00. The first-order valence-corrected chi connectivity index (χ1v) is 7.08. The summed E-state index contributed by atoms with van der Waals surface area (Å²) in [5.41, 5.74) is 4.64. The van der Waals surface area contributed by atoms with E-state index in [1.54, 1.807) is 6.07 Å². The Kier molecular flexibility index (Phi) is 4.48. The number of aromatic nitrogens is 2. The van der Waals surface area contributed by atoms with Gasteiger partial charge in [-0.1, -0.05) is 24.6 Å². The molecule has 1 aromatic heterocycles. The summed E-state index contributed by atoms with van der Waals surface area (Å²) in [6.45, 7) is 6.06. The van der Waals surface area contributed by atoms with Gasteiger partial charge in [0.15, 0.2) is 0 Å². The topological polar surface area (TPSA) is 55.1 Å². The van der Waals surface area contributed by atoms with Crippen LogP contribution in [0.2, 0.25) is 5.02 Å². The second-order valence-electron chi connectivity index (χ2n) is 4.76. The maximum atomic E-state index is 10.8. The Balaban J connectivity index is 2.64. The SMILES string of the molecule is CCc1c(C)nn(-c2cccc(Cl)c2C=CC(=O)O)c1C. The zero-order chi connectivity index (χ0) is 15.6. The molecule has 1 aromatic carbocycles. The minimum Gasteiger partial charge on any atom is -0.478 e. The largest absolute Gasteiger partial charge is 0.478 e. The fourth-order valence-corrected chi connectivity index (χ4v) is 2.68. The average molecular weight is 305 g/mol. The van der Waals surface area contributed by atoms with Crippen LogP contribution in [0.3, 0.4) is 0 Å². The Hall–Kier alpha value is -2.07. The number of carboxylic acid groups (broad SMARTS) is 1. The number of halogens is 1. The average Bonchev–Trinajstić information content (AvgIpc) is 2.71. The van der Waals surface area contributed by atoms with E-state index in [2.05, 4.69) is 12.0 Å². The van der Waals surface area contributed by atoms with Crippen LogP contribution < -0.4 is 0 Å². The van der Waals surface area contributed by atoms with Crippen molar-refractivity contribution < 1.29 is 9.90 Å². The summed E-state index contributed by atoms with van der Waals surface area (Å²) in [7, 11) is 0. The maximum absolute atomic E-state index is 10.8. The minimum atomic E-state index is -1.01. The number of nitrogens with zero attached hydrogens (tertiary/aromatic N) is 2. The Morgan fingerprint density at radius 1 is 1.43 bits per heavy atom. The normalized spacial score (nSPS) is 11.2. The van der Waals surface area contributed by atoms with Crippen LogP contribution in [0.25, 0.3) is 11.8 Å². The van der Waals surface area contributed by atoms with Gasteiger partial charge >= 0.3 is 5.97 Å². The first-order chi connectivity index (χ1) is 9.95. The van der Waals surface area contributed by atoms with Crippen molar-refractivity contribution in [3.8, 4) is 5.69 Å². The number of aliphatic carboxylic acids is 1. The van der Waals surface area contributed by atoms with Crippen LogP contribution in [0.4, 0.5) is 0 Å². The van der Waals surface area contributed by atoms with Gasteiger partial charge in [0, 0.05) is 22.4 Å². The van der Waals surface area contributed by atoms with Gasteiger partial charge in [0.2, 0.25) is 0 Å². The summed E-state index contributed by atoms with van der Waals surface area (Å²) in [6, 6.07) is 5.45. The van der Waals surface area contributed by atoms with Gasteiger partial charge in [-0.3, -0.25) is 0 Å². The lowest BCUT2D eigenvalue weighted by Crippen LogP contribution is -2.02. The van der Waals surface area contributed by atoms with Crippen LogP contribution in [0.15, 0.2) is 24.3 Å². The molecule has 0 radical (unpaired) electrons. The molecule has 1 N–H and O–H groups in total. The molecule has 0 atom stereocenters. The molecule has 2 aromatic rings. The van der Waals surface area contributed by atoms with E-state index < -0.39 is 5.97 Å². The third-order valence-electron chi connectivity index (χ3n) is 3.45. The molecule has 0 unspecified atom stereocenters. The molecule has 21 heavy (non-hydrogen) atoms. The van der Waals surface area contributed by atoms with Crippen LogP contribution in [-0.2, 0) is 11.2 Å². The first kappa shape index (κ1) is 15.3. The molecule has 110 valence electrons. The predicted octanol–water partition coefficient (Wildman–Crippen LogP) is 3.80. The van der Waals surface area contributed by atoms with Gasteiger partial charge in [-0.2, -0.15) is 5.10 Å². The number of carboxylic acids is 1. The highest BCUT2D eigenvalue weighted by atomic mass is 35.5. The smallest absolute Gasteiger partial charge is 0.328 e. The molecular formula is C16H17ClN2O2. The molecule has 0 bridgehead atoms. The Labute approximate surface area is 128 Å². The van der Waals surface area contributed by atoms with E-state index in [4.69, 9.17) is 16.7 Å². The van der Waals surface area contributed by atoms with Gasteiger partial charge in [-0.15, -0.1) is 0 Å². The van der Waals surface area contributed by atoms with Crippen molar-refractivity contribution >= 4 is 23.6 Å². The lowest BCUT2D eigenvalue weighted by Gasteiger charge is -2.10. The summed E-state index contributed by atoms with van der Waals surface area (Å²) < 4.78 is 1.82. The summed E-state index contributed by atoms with van der Waals surface area (Å²) in [5, 5.41) is 13.9. The molecule has 5 heteroatoms. The minimum absolute atomic E-state index is 0.496. The summed E-state index contributed by atoms with van der Waals surface area (Å²) in [6.07, 6.45) is 3.48. The van der Waals surface area contributed by atoms with Crippen molar-refractivity contribution in [3.05, 3.63) is 51.8 Å². The molecule has 0 aliphatic heterocycles.